The van der Waals surface area contributed by atoms with Gasteiger partial charge in [-0.2, -0.15) is 0 Å². The Morgan fingerprint density at radius 1 is 1.38 bits per heavy atom. The summed E-state index contributed by atoms with van der Waals surface area (Å²) in [4.78, 5) is 0. The lowest BCUT2D eigenvalue weighted by Gasteiger charge is -1.99. The van der Waals surface area contributed by atoms with E-state index in [0.29, 0.717) is 0 Å². The zero-order chi connectivity index (χ0) is 9.26. The lowest BCUT2D eigenvalue weighted by atomic mass is 10.1. The predicted molar refractivity (Wildman–Crippen MR) is 58.1 cm³/mol. The van der Waals surface area contributed by atoms with Crippen molar-refractivity contribution >= 4 is 17.7 Å². The van der Waals surface area contributed by atoms with Crippen molar-refractivity contribution < 1.29 is 0 Å². The van der Waals surface area contributed by atoms with Crippen molar-refractivity contribution in [3.63, 3.8) is 0 Å². The fraction of sp³-hybridized carbons (Fsp3) is 0.333. The van der Waals surface area contributed by atoms with Gasteiger partial charge in [0.15, 0.2) is 0 Å². The maximum atomic E-state index is 5.79. The summed E-state index contributed by atoms with van der Waals surface area (Å²) >= 11 is 5.79. The highest BCUT2D eigenvalue weighted by atomic mass is 35.5. The van der Waals surface area contributed by atoms with Crippen molar-refractivity contribution in [1.82, 2.24) is 0 Å². The first-order valence-corrected chi connectivity index (χ1v) is 5.17. The Labute approximate surface area is 84.2 Å². The van der Waals surface area contributed by atoms with Gasteiger partial charge in [-0.15, -0.1) is 11.6 Å². The zero-order valence-corrected chi connectivity index (χ0v) is 8.30. The molecule has 0 saturated heterocycles. The molecule has 1 heteroatoms. The van der Waals surface area contributed by atoms with E-state index in [1.54, 1.807) is 0 Å². The molecule has 0 aliphatic heterocycles. The second-order valence-corrected chi connectivity index (χ2v) is 3.94. The van der Waals surface area contributed by atoms with Crippen molar-refractivity contribution in [2.24, 2.45) is 5.92 Å². The number of benzene rings is 1. The summed E-state index contributed by atoms with van der Waals surface area (Å²) in [6.45, 7) is 3.73. The van der Waals surface area contributed by atoms with E-state index in [1.165, 1.54) is 17.5 Å². The van der Waals surface area contributed by atoms with Crippen LogP contribution in [0.25, 0.3) is 6.08 Å². The number of hydrogen-bond acceptors (Lipinski definition) is 0. The second kappa shape index (κ2) is 3.55. The number of alkyl halides is 1. The molecule has 2 rings (SSSR count). The smallest absolute Gasteiger partial charge is 0.0257 e. The topological polar surface area (TPSA) is 0 Å². The maximum Gasteiger partial charge on any atom is 0.0257 e. The molecule has 68 valence electrons. The Bertz CT molecular complexity index is 299. The van der Waals surface area contributed by atoms with Crippen molar-refractivity contribution in [2.75, 3.05) is 5.88 Å². The molecule has 1 aliphatic carbocycles. The van der Waals surface area contributed by atoms with Crippen LogP contribution < -0.4 is 0 Å². The summed E-state index contributed by atoms with van der Waals surface area (Å²) in [5, 5.41) is 0. The quantitative estimate of drug-likeness (QED) is 0.641. The third kappa shape index (κ3) is 1.78. The minimum absolute atomic E-state index is 0.719. The van der Waals surface area contributed by atoms with Crippen LogP contribution in [0.5, 0.6) is 0 Å². The van der Waals surface area contributed by atoms with Crippen LogP contribution in [0.4, 0.5) is 0 Å². The first-order chi connectivity index (χ1) is 6.35. The van der Waals surface area contributed by atoms with Gasteiger partial charge in [0.05, 0.1) is 0 Å². The molecule has 0 bridgehead atoms. The molecule has 0 nitrogen and oxygen atoms in total. The molecule has 1 aromatic carbocycles. The van der Waals surface area contributed by atoms with E-state index in [0.717, 1.165) is 17.7 Å². The Balaban J connectivity index is 2.11. The molecule has 13 heavy (non-hydrogen) atoms. The summed E-state index contributed by atoms with van der Waals surface area (Å²) < 4.78 is 0. The average Bonchev–Trinajstić information content (AvgIpc) is 2.97. The Kier molecular flexibility index (Phi) is 2.41. The molecule has 0 spiro atoms. The van der Waals surface area contributed by atoms with Gasteiger partial charge in [0, 0.05) is 5.88 Å². The Morgan fingerprint density at radius 2 is 2.08 bits per heavy atom. The first-order valence-electron chi connectivity index (χ1n) is 4.63. The largest absolute Gasteiger partial charge is 0.126 e. The third-order valence-corrected chi connectivity index (χ3v) is 3.12. The molecule has 0 heterocycles. The summed E-state index contributed by atoms with van der Waals surface area (Å²) in [5.74, 6) is 2.24. The van der Waals surface area contributed by atoms with Gasteiger partial charge in [-0.25, -0.2) is 0 Å². The molecule has 1 aromatic rings. The summed E-state index contributed by atoms with van der Waals surface area (Å²) in [6.07, 6.45) is 3.13. The van der Waals surface area contributed by atoms with Gasteiger partial charge in [-0.05, 0) is 29.4 Å². The van der Waals surface area contributed by atoms with Crippen molar-refractivity contribution in [3.8, 4) is 0 Å². The minimum Gasteiger partial charge on any atom is -0.126 e. The molecule has 2 atom stereocenters. The summed E-state index contributed by atoms with van der Waals surface area (Å²) in [7, 11) is 0. The highest BCUT2D eigenvalue weighted by Gasteiger charge is 2.36. The third-order valence-electron chi connectivity index (χ3n) is 2.72. The Hall–Kier alpha value is -0.750. The Morgan fingerprint density at radius 3 is 2.54 bits per heavy atom. The normalized spacial score (nSPS) is 25.6. The molecule has 0 radical (unpaired) electrons. The molecule has 1 aliphatic rings. The lowest BCUT2D eigenvalue weighted by molar-refractivity contribution is 0.923. The lowest BCUT2D eigenvalue weighted by Crippen LogP contribution is -1.84. The molecular weight excluding hydrogens is 180 g/mol. The van der Waals surface area contributed by atoms with E-state index in [9.17, 15) is 0 Å². The first kappa shape index (κ1) is 8.83. The molecular formula is C12H13Cl. The molecule has 0 aromatic heterocycles. The van der Waals surface area contributed by atoms with E-state index in [4.69, 9.17) is 11.6 Å². The van der Waals surface area contributed by atoms with Crippen LogP contribution in [0.1, 0.15) is 23.5 Å². The van der Waals surface area contributed by atoms with Crippen LogP contribution in [0.2, 0.25) is 0 Å². The van der Waals surface area contributed by atoms with Gasteiger partial charge in [-0.3, -0.25) is 0 Å². The summed E-state index contributed by atoms with van der Waals surface area (Å²) in [6, 6.07) is 8.61. The fourth-order valence-corrected chi connectivity index (χ4v) is 2.05. The molecule has 0 amide bonds. The van der Waals surface area contributed by atoms with Gasteiger partial charge in [0.25, 0.3) is 0 Å². The molecule has 2 unspecified atom stereocenters. The van der Waals surface area contributed by atoms with Crippen molar-refractivity contribution in [1.29, 1.82) is 0 Å². The molecule has 0 N–H and O–H groups in total. The highest BCUT2D eigenvalue weighted by Crippen LogP contribution is 2.47. The van der Waals surface area contributed by atoms with E-state index in [-0.39, 0.29) is 0 Å². The van der Waals surface area contributed by atoms with Gasteiger partial charge in [-0.1, -0.05) is 36.9 Å². The van der Waals surface area contributed by atoms with Crippen LogP contribution in [0.15, 0.2) is 30.8 Å². The van der Waals surface area contributed by atoms with E-state index in [1.807, 2.05) is 6.08 Å². The number of halogens is 1. The van der Waals surface area contributed by atoms with E-state index in [2.05, 4.69) is 30.8 Å². The van der Waals surface area contributed by atoms with Crippen molar-refractivity contribution in [3.05, 3.63) is 42.0 Å². The van der Waals surface area contributed by atoms with Crippen LogP contribution in [-0.2, 0) is 0 Å². The van der Waals surface area contributed by atoms with Gasteiger partial charge in [0.2, 0.25) is 0 Å². The molecule has 1 fully saturated rings. The van der Waals surface area contributed by atoms with E-state index < -0.39 is 0 Å². The monoisotopic (exact) mass is 192 g/mol. The van der Waals surface area contributed by atoms with Gasteiger partial charge < -0.3 is 0 Å². The maximum absolute atomic E-state index is 5.79. The van der Waals surface area contributed by atoms with Gasteiger partial charge in [0.1, 0.15) is 0 Å². The van der Waals surface area contributed by atoms with Gasteiger partial charge >= 0.3 is 0 Å². The van der Waals surface area contributed by atoms with Crippen molar-refractivity contribution in [2.45, 2.75) is 12.3 Å². The van der Waals surface area contributed by atoms with Crippen LogP contribution in [0.3, 0.4) is 0 Å². The predicted octanol–water partition coefficient (Wildman–Crippen LogP) is 3.67. The number of rotatable bonds is 3. The molecule has 1 saturated carbocycles. The number of hydrogen-bond donors (Lipinski definition) is 0. The van der Waals surface area contributed by atoms with Crippen LogP contribution >= 0.6 is 11.6 Å². The van der Waals surface area contributed by atoms with Crippen LogP contribution in [0, 0.1) is 5.92 Å². The second-order valence-electron chi connectivity index (χ2n) is 3.63. The summed E-state index contributed by atoms with van der Waals surface area (Å²) in [5.41, 5.74) is 2.61. The standard InChI is InChI=1S/C12H13Cl/c1-2-9-3-5-10(6-4-9)12-7-11(12)8-13/h2-6,11-12H,1,7-8H2. The fourth-order valence-electron chi connectivity index (χ4n) is 1.71. The zero-order valence-electron chi connectivity index (χ0n) is 7.54. The SMILES string of the molecule is C=Cc1ccc(C2CC2CCl)cc1. The highest BCUT2D eigenvalue weighted by molar-refractivity contribution is 6.18. The average molecular weight is 193 g/mol. The minimum atomic E-state index is 0.719. The van der Waals surface area contributed by atoms with E-state index >= 15 is 0 Å². The van der Waals surface area contributed by atoms with Crippen LogP contribution in [-0.4, -0.2) is 5.88 Å².